The molecule has 0 aromatic heterocycles. The number of carbonyl (C=O) groups excluding carboxylic acids is 2. The standard InChI is InChI=1S/C75H147NO5/c1-3-5-7-9-11-13-15-17-19-21-23-32-35-39-43-47-51-55-59-63-67-73(78)72(71-77)76-74(79)68-64-60-56-52-48-44-40-36-33-29-27-25-24-26-28-30-34-38-42-46-50-54-58-62-66-70-81-75(80)69-65-61-57-53-49-45-41-37-31-22-20-18-16-14-12-10-8-6-4-2/h63,67,72-73,77-78H,3-62,64-66,68-71H2,1-2H3,(H,76,79)/b67-63+. The Balaban J connectivity index is 3.36. The number of nitrogens with one attached hydrogen (secondary N) is 1. The van der Waals surface area contributed by atoms with Gasteiger partial charge in [-0.3, -0.25) is 9.59 Å². The van der Waals surface area contributed by atoms with Crippen LogP contribution in [0.1, 0.15) is 431 Å². The Morgan fingerprint density at radius 3 is 0.840 bits per heavy atom. The summed E-state index contributed by atoms with van der Waals surface area (Å²) in [6, 6.07) is -0.627. The molecule has 6 nitrogen and oxygen atoms in total. The van der Waals surface area contributed by atoms with E-state index in [0.717, 1.165) is 38.5 Å². The third-order valence-corrected chi connectivity index (χ3v) is 17.8. The Morgan fingerprint density at radius 1 is 0.333 bits per heavy atom. The lowest BCUT2D eigenvalue weighted by Gasteiger charge is -2.20. The molecule has 0 bridgehead atoms. The summed E-state index contributed by atoms with van der Waals surface area (Å²) in [6.07, 6.45) is 88.8. The van der Waals surface area contributed by atoms with Crippen LogP contribution in [0.15, 0.2) is 12.2 Å². The zero-order valence-electron chi connectivity index (χ0n) is 55.3. The first kappa shape index (κ1) is 79.6. The van der Waals surface area contributed by atoms with Gasteiger partial charge in [0.15, 0.2) is 0 Å². The van der Waals surface area contributed by atoms with Gasteiger partial charge in [0, 0.05) is 12.8 Å². The Hall–Kier alpha value is -1.40. The van der Waals surface area contributed by atoms with Crippen molar-refractivity contribution in [1.82, 2.24) is 5.32 Å². The normalized spacial score (nSPS) is 12.5. The largest absolute Gasteiger partial charge is 0.466 e. The van der Waals surface area contributed by atoms with Gasteiger partial charge >= 0.3 is 5.97 Å². The highest BCUT2D eigenvalue weighted by atomic mass is 16.5. The van der Waals surface area contributed by atoms with E-state index >= 15 is 0 Å². The van der Waals surface area contributed by atoms with Gasteiger partial charge in [-0.2, -0.15) is 0 Å². The molecule has 3 N–H and O–H groups in total. The molecular formula is C75H147NO5. The molecule has 0 aromatic rings. The summed E-state index contributed by atoms with van der Waals surface area (Å²) in [5.74, 6) is -0.0394. The molecule has 482 valence electrons. The predicted molar refractivity (Wildman–Crippen MR) is 357 cm³/mol. The van der Waals surface area contributed by atoms with Crippen LogP contribution in [0.5, 0.6) is 0 Å². The molecule has 0 saturated heterocycles. The summed E-state index contributed by atoms with van der Waals surface area (Å²) >= 11 is 0. The van der Waals surface area contributed by atoms with Crippen LogP contribution in [0.3, 0.4) is 0 Å². The van der Waals surface area contributed by atoms with Gasteiger partial charge in [-0.05, 0) is 32.1 Å². The number of carbonyl (C=O) groups is 2. The van der Waals surface area contributed by atoms with Crippen LogP contribution in [-0.2, 0) is 14.3 Å². The highest BCUT2D eigenvalue weighted by molar-refractivity contribution is 5.76. The number of allylic oxidation sites excluding steroid dienone is 1. The number of aliphatic hydroxyl groups is 2. The van der Waals surface area contributed by atoms with Crippen LogP contribution in [0.4, 0.5) is 0 Å². The van der Waals surface area contributed by atoms with Gasteiger partial charge in [0.25, 0.3) is 0 Å². The number of unbranched alkanes of at least 4 members (excludes halogenated alkanes) is 60. The quantitative estimate of drug-likeness (QED) is 0.0320. The van der Waals surface area contributed by atoms with Crippen molar-refractivity contribution in [3.63, 3.8) is 0 Å². The highest BCUT2D eigenvalue weighted by Gasteiger charge is 2.18. The van der Waals surface area contributed by atoms with Gasteiger partial charge in [-0.15, -0.1) is 0 Å². The lowest BCUT2D eigenvalue weighted by Crippen LogP contribution is -2.45. The fraction of sp³-hybridized carbons (Fsp3) is 0.947. The van der Waals surface area contributed by atoms with Gasteiger partial charge in [0.05, 0.1) is 25.4 Å². The molecule has 0 heterocycles. The van der Waals surface area contributed by atoms with Crippen LogP contribution in [0.25, 0.3) is 0 Å². The highest BCUT2D eigenvalue weighted by Crippen LogP contribution is 2.20. The van der Waals surface area contributed by atoms with Crippen LogP contribution in [0, 0.1) is 0 Å². The van der Waals surface area contributed by atoms with Crippen LogP contribution in [0.2, 0.25) is 0 Å². The van der Waals surface area contributed by atoms with Crippen molar-refractivity contribution in [3.8, 4) is 0 Å². The maximum Gasteiger partial charge on any atom is 0.305 e. The molecular weight excluding hydrogens is 995 g/mol. The Kier molecular flexibility index (Phi) is 69.9. The zero-order valence-corrected chi connectivity index (χ0v) is 55.3. The first-order valence-corrected chi connectivity index (χ1v) is 37.5. The smallest absolute Gasteiger partial charge is 0.305 e. The van der Waals surface area contributed by atoms with E-state index in [1.54, 1.807) is 6.08 Å². The molecule has 81 heavy (non-hydrogen) atoms. The Bertz CT molecular complexity index is 1220. The van der Waals surface area contributed by atoms with Crippen molar-refractivity contribution in [2.75, 3.05) is 13.2 Å². The third kappa shape index (κ3) is 67.6. The second kappa shape index (κ2) is 71.1. The van der Waals surface area contributed by atoms with E-state index in [1.807, 2.05) is 6.08 Å². The molecule has 0 rings (SSSR count). The topological polar surface area (TPSA) is 95.9 Å². The number of ether oxygens (including phenoxy) is 1. The van der Waals surface area contributed by atoms with Gasteiger partial charge in [-0.1, -0.05) is 398 Å². The second-order valence-electron chi connectivity index (χ2n) is 26.0. The maximum absolute atomic E-state index is 12.5. The number of esters is 1. The summed E-state index contributed by atoms with van der Waals surface area (Å²) in [6.45, 7) is 4.96. The number of aliphatic hydroxyl groups excluding tert-OH is 2. The van der Waals surface area contributed by atoms with Crippen LogP contribution < -0.4 is 5.32 Å². The first-order chi connectivity index (χ1) is 40.0. The fourth-order valence-corrected chi connectivity index (χ4v) is 12.1. The minimum Gasteiger partial charge on any atom is -0.466 e. The van der Waals surface area contributed by atoms with Crippen LogP contribution >= 0.6 is 0 Å². The van der Waals surface area contributed by atoms with E-state index in [1.165, 1.54) is 366 Å². The van der Waals surface area contributed by atoms with E-state index in [0.29, 0.717) is 19.4 Å². The minimum absolute atomic E-state index is 0.0221. The van der Waals surface area contributed by atoms with Gasteiger partial charge in [0.2, 0.25) is 5.91 Å². The monoisotopic (exact) mass is 1140 g/mol. The fourth-order valence-electron chi connectivity index (χ4n) is 12.1. The second-order valence-corrected chi connectivity index (χ2v) is 26.0. The summed E-state index contributed by atoms with van der Waals surface area (Å²) in [5.41, 5.74) is 0. The molecule has 0 saturated carbocycles. The number of hydrogen-bond donors (Lipinski definition) is 3. The molecule has 2 unspecified atom stereocenters. The average Bonchev–Trinajstić information content (AvgIpc) is 3.47. The van der Waals surface area contributed by atoms with E-state index < -0.39 is 12.1 Å². The minimum atomic E-state index is -0.844. The lowest BCUT2D eigenvalue weighted by atomic mass is 10.0. The molecule has 0 fully saturated rings. The summed E-state index contributed by atoms with van der Waals surface area (Å²) in [7, 11) is 0. The Morgan fingerprint density at radius 2 is 0.568 bits per heavy atom. The lowest BCUT2D eigenvalue weighted by molar-refractivity contribution is -0.143. The van der Waals surface area contributed by atoms with E-state index in [4.69, 9.17) is 4.74 Å². The van der Waals surface area contributed by atoms with Gasteiger partial charge in [0.1, 0.15) is 0 Å². The molecule has 0 aliphatic rings. The third-order valence-electron chi connectivity index (χ3n) is 17.8. The molecule has 6 heteroatoms. The average molecular weight is 1140 g/mol. The van der Waals surface area contributed by atoms with E-state index in [2.05, 4.69) is 19.2 Å². The molecule has 2 atom stereocenters. The van der Waals surface area contributed by atoms with Crippen molar-refractivity contribution in [1.29, 1.82) is 0 Å². The number of hydrogen-bond acceptors (Lipinski definition) is 5. The van der Waals surface area contributed by atoms with E-state index in [-0.39, 0.29) is 18.5 Å². The first-order valence-electron chi connectivity index (χ1n) is 37.5. The molecule has 0 aliphatic carbocycles. The number of amides is 1. The molecule has 0 radical (unpaired) electrons. The van der Waals surface area contributed by atoms with Crippen molar-refractivity contribution in [2.24, 2.45) is 0 Å². The van der Waals surface area contributed by atoms with E-state index in [9.17, 15) is 19.8 Å². The number of rotatable bonds is 71. The van der Waals surface area contributed by atoms with Gasteiger partial charge < -0.3 is 20.3 Å². The van der Waals surface area contributed by atoms with Crippen molar-refractivity contribution in [3.05, 3.63) is 12.2 Å². The molecule has 0 aliphatic heterocycles. The maximum atomic E-state index is 12.5. The van der Waals surface area contributed by atoms with Crippen molar-refractivity contribution in [2.45, 2.75) is 443 Å². The van der Waals surface area contributed by atoms with Crippen molar-refractivity contribution < 1.29 is 24.5 Å². The SMILES string of the molecule is CCCCCCCCCCCCCCCCCCCC/C=C/C(O)C(CO)NC(=O)CCCCCCCCCCCCCCCCCCCCCCCCCCCOC(=O)CCCCCCCCCCCCCCCCCCCCC. The molecule has 0 aromatic carbocycles. The summed E-state index contributed by atoms with van der Waals surface area (Å²) < 4.78 is 5.52. The summed E-state index contributed by atoms with van der Waals surface area (Å²) in [4.78, 5) is 24.7. The van der Waals surface area contributed by atoms with Crippen molar-refractivity contribution >= 4 is 11.9 Å². The Labute approximate surface area is 508 Å². The predicted octanol–water partition coefficient (Wildman–Crippen LogP) is 24.3. The molecule has 1 amide bonds. The summed E-state index contributed by atoms with van der Waals surface area (Å²) in [5, 5.41) is 23.3. The van der Waals surface area contributed by atoms with Crippen LogP contribution in [-0.4, -0.2) is 47.4 Å². The zero-order chi connectivity index (χ0) is 58.5. The van der Waals surface area contributed by atoms with Gasteiger partial charge in [-0.25, -0.2) is 0 Å². The molecule has 0 spiro atoms.